The molecule has 0 heterocycles. The normalized spacial score (nSPS) is 14.2. The van der Waals surface area contributed by atoms with Crippen molar-refractivity contribution in [2.45, 2.75) is 64.0 Å². The second-order valence-corrected chi connectivity index (χ2v) is 5.38. The third kappa shape index (κ3) is 14.8. The van der Waals surface area contributed by atoms with Gasteiger partial charge in [-0.25, -0.2) is 10.2 Å². The van der Waals surface area contributed by atoms with Crippen LogP contribution in [0.1, 0.15) is 51.9 Å². The number of carbonyl (C=O) groups is 3. The summed E-state index contributed by atoms with van der Waals surface area (Å²) in [7, 11) is 0. The van der Waals surface area contributed by atoms with Crippen LogP contribution in [0.25, 0.3) is 0 Å². The van der Waals surface area contributed by atoms with Crippen LogP contribution in [-0.2, 0) is 9.59 Å². The first-order valence-electron chi connectivity index (χ1n) is 7.86. The lowest BCUT2D eigenvalue weighted by atomic mass is 10.2. The Kier molecular flexibility index (Phi) is 11.6. The van der Waals surface area contributed by atoms with Gasteiger partial charge in [0.25, 0.3) is 0 Å². The van der Waals surface area contributed by atoms with E-state index in [0.29, 0.717) is 31.8 Å². The molecule has 0 aromatic heterocycles. The molecule has 1 aliphatic carbocycles. The molecule has 0 bridgehead atoms. The van der Waals surface area contributed by atoms with Crippen LogP contribution < -0.4 is 21.9 Å². The maximum atomic E-state index is 11.1. The van der Waals surface area contributed by atoms with Gasteiger partial charge in [-0.1, -0.05) is 13.3 Å². The first-order chi connectivity index (χ1) is 10.9. The number of aliphatic carboxylic acids is 2. The fraction of sp³-hybridized carbons (Fsp3) is 0.786. The molecule has 0 aromatic rings. The number of unbranched alkanes of at least 4 members (excludes halogenated alkanes) is 1. The van der Waals surface area contributed by atoms with Crippen LogP contribution in [0.4, 0.5) is 4.79 Å². The minimum absolute atomic E-state index is 0.245. The lowest BCUT2D eigenvalue weighted by molar-refractivity contribution is -0.139. The zero-order valence-corrected chi connectivity index (χ0v) is 13.5. The van der Waals surface area contributed by atoms with Gasteiger partial charge in [0.15, 0.2) is 0 Å². The number of nitrogens with two attached hydrogens (primary N) is 1. The molecule has 0 saturated heterocycles. The second-order valence-electron chi connectivity index (χ2n) is 5.38. The summed E-state index contributed by atoms with van der Waals surface area (Å²) < 4.78 is 0. The Morgan fingerprint density at radius 1 is 1.22 bits per heavy atom. The number of carboxylic acids is 2. The molecule has 23 heavy (non-hydrogen) atoms. The Balaban J connectivity index is 0.000000585. The molecule has 1 rings (SSSR count). The van der Waals surface area contributed by atoms with Crippen molar-refractivity contribution in [1.29, 1.82) is 0 Å². The van der Waals surface area contributed by atoms with Gasteiger partial charge in [-0.2, -0.15) is 0 Å². The van der Waals surface area contributed by atoms with E-state index in [1.54, 1.807) is 0 Å². The number of rotatable bonds is 10. The summed E-state index contributed by atoms with van der Waals surface area (Å²) in [5.41, 5.74) is 10.5. The number of urea groups is 1. The van der Waals surface area contributed by atoms with Crippen LogP contribution in [0.2, 0.25) is 0 Å². The average Bonchev–Trinajstić information content (AvgIpc) is 3.28. The highest BCUT2D eigenvalue weighted by molar-refractivity contribution is 5.74. The van der Waals surface area contributed by atoms with Crippen LogP contribution in [0.3, 0.4) is 0 Å². The monoisotopic (exact) mass is 332 g/mol. The molecule has 0 aliphatic heterocycles. The van der Waals surface area contributed by atoms with Gasteiger partial charge >= 0.3 is 18.0 Å². The van der Waals surface area contributed by atoms with Gasteiger partial charge in [-0.3, -0.25) is 15.0 Å². The Morgan fingerprint density at radius 2 is 1.87 bits per heavy atom. The summed E-state index contributed by atoms with van der Waals surface area (Å²) in [4.78, 5) is 31.2. The smallest absolute Gasteiger partial charge is 0.329 e. The number of hydrogen-bond donors (Lipinski definition) is 6. The molecule has 1 aliphatic rings. The standard InChI is InChI=1S/C9H18N4O3.C5H10O2/c10-7(8(14)15)2-1-5-11-13-9(16)12-6-3-4-6;1-2-3-4-5(6)7/h6-7,11H,1-5,10H2,(H,14,15)(H2,12,13,16);2-4H2,1H3,(H,6,7). The number of carbonyl (C=O) groups excluding carboxylic acids is 1. The van der Waals surface area contributed by atoms with E-state index in [9.17, 15) is 14.4 Å². The zero-order chi connectivity index (χ0) is 17.7. The summed E-state index contributed by atoms with van der Waals surface area (Å²) in [6, 6.07) is -0.755. The van der Waals surface area contributed by atoms with Gasteiger partial charge in [0, 0.05) is 19.0 Å². The van der Waals surface area contributed by atoms with E-state index < -0.39 is 18.0 Å². The van der Waals surface area contributed by atoms with Crippen molar-refractivity contribution >= 4 is 18.0 Å². The van der Waals surface area contributed by atoms with Crippen LogP contribution >= 0.6 is 0 Å². The lowest BCUT2D eigenvalue weighted by Crippen LogP contribution is -2.45. The van der Waals surface area contributed by atoms with Crippen LogP contribution in [0.5, 0.6) is 0 Å². The lowest BCUT2D eigenvalue weighted by Gasteiger charge is -2.09. The molecule has 1 saturated carbocycles. The van der Waals surface area contributed by atoms with Crippen LogP contribution in [0, 0.1) is 0 Å². The van der Waals surface area contributed by atoms with Crippen molar-refractivity contribution in [2.75, 3.05) is 6.54 Å². The molecule has 1 fully saturated rings. The van der Waals surface area contributed by atoms with E-state index in [-0.39, 0.29) is 6.03 Å². The van der Waals surface area contributed by atoms with Crippen molar-refractivity contribution in [3.8, 4) is 0 Å². The highest BCUT2D eigenvalue weighted by Gasteiger charge is 2.22. The van der Waals surface area contributed by atoms with Gasteiger partial charge in [0.1, 0.15) is 6.04 Å². The molecule has 0 aromatic carbocycles. The van der Waals surface area contributed by atoms with Crippen molar-refractivity contribution in [3.63, 3.8) is 0 Å². The molecule has 1 unspecified atom stereocenters. The third-order valence-corrected chi connectivity index (χ3v) is 2.99. The maximum Gasteiger partial charge on any atom is 0.329 e. The van der Waals surface area contributed by atoms with Crippen LogP contribution in [0.15, 0.2) is 0 Å². The Labute approximate surface area is 136 Å². The van der Waals surface area contributed by atoms with E-state index in [1.807, 2.05) is 6.92 Å². The number of hydrazine groups is 1. The molecule has 0 radical (unpaired) electrons. The minimum atomic E-state index is -1.00. The Morgan fingerprint density at radius 3 is 2.30 bits per heavy atom. The third-order valence-electron chi connectivity index (χ3n) is 2.99. The molecule has 134 valence electrons. The van der Waals surface area contributed by atoms with Crippen molar-refractivity contribution in [3.05, 3.63) is 0 Å². The molecular formula is C14H28N4O5. The number of amides is 2. The second kappa shape index (κ2) is 12.7. The topological polar surface area (TPSA) is 154 Å². The zero-order valence-electron chi connectivity index (χ0n) is 13.5. The van der Waals surface area contributed by atoms with Gasteiger partial charge in [0.05, 0.1) is 0 Å². The average molecular weight is 332 g/mol. The largest absolute Gasteiger partial charge is 0.481 e. The number of nitrogens with one attached hydrogen (secondary N) is 3. The first-order valence-corrected chi connectivity index (χ1v) is 7.86. The minimum Gasteiger partial charge on any atom is -0.481 e. The first kappa shape index (κ1) is 21.1. The van der Waals surface area contributed by atoms with Gasteiger partial charge in [-0.15, -0.1) is 0 Å². The molecule has 7 N–H and O–H groups in total. The Bertz CT molecular complexity index is 374. The van der Waals surface area contributed by atoms with Gasteiger partial charge < -0.3 is 21.3 Å². The molecule has 2 amide bonds. The van der Waals surface area contributed by atoms with E-state index in [1.165, 1.54) is 0 Å². The summed E-state index contributed by atoms with van der Waals surface area (Å²) in [5.74, 6) is -1.69. The van der Waals surface area contributed by atoms with Crippen molar-refractivity contribution in [1.82, 2.24) is 16.2 Å². The predicted octanol–water partition coefficient (Wildman–Crippen LogP) is 0.406. The molecular weight excluding hydrogens is 304 g/mol. The van der Waals surface area contributed by atoms with Crippen molar-refractivity contribution < 1.29 is 24.6 Å². The predicted molar refractivity (Wildman–Crippen MR) is 84.7 cm³/mol. The maximum absolute atomic E-state index is 11.1. The molecule has 9 nitrogen and oxygen atoms in total. The highest BCUT2D eigenvalue weighted by atomic mass is 16.4. The van der Waals surface area contributed by atoms with Gasteiger partial charge in [0.2, 0.25) is 0 Å². The Hall–Kier alpha value is -1.87. The highest BCUT2D eigenvalue weighted by Crippen LogP contribution is 2.17. The molecule has 1 atom stereocenters. The summed E-state index contributed by atoms with van der Waals surface area (Å²) in [6.07, 6.45) is 5.14. The SMILES string of the molecule is CCCCC(=O)O.NC(CCCNNC(=O)NC1CC1)C(=O)O. The van der Waals surface area contributed by atoms with Gasteiger partial charge in [-0.05, 0) is 32.1 Å². The summed E-state index contributed by atoms with van der Waals surface area (Å²) >= 11 is 0. The fourth-order valence-electron chi connectivity index (χ4n) is 1.45. The molecule has 0 spiro atoms. The van der Waals surface area contributed by atoms with E-state index >= 15 is 0 Å². The van der Waals surface area contributed by atoms with E-state index in [0.717, 1.165) is 25.7 Å². The van der Waals surface area contributed by atoms with Crippen LogP contribution in [-0.4, -0.2) is 46.8 Å². The number of carboxylic acid groups (broad SMARTS) is 2. The fourth-order valence-corrected chi connectivity index (χ4v) is 1.45. The molecule has 9 heteroatoms. The van der Waals surface area contributed by atoms with Crippen molar-refractivity contribution in [2.24, 2.45) is 5.73 Å². The van der Waals surface area contributed by atoms with E-state index in [4.69, 9.17) is 15.9 Å². The van der Waals surface area contributed by atoms with E-state index in [2.05, 4.69) is 16.2 Å². The quantitative estimate of drug-likeness (QED) is 0.250. The summed E-state index contributed by atoms with van der Waals surface area (Å²) in [5, 5.41) is 19.3. The summed E-state index contributed by atoms with van der Waals surface area (Å²) in [6.45, 7) is 2.47. The number of hydrogen-bond acceptors (Lipinski definition) is 5.